The highest BCUT2D eigenvalue weighted by Gasteiger charge is 2.28. The summed E-state index contributed by atoms with van der Waals surface area (Å²) in [6, 6.07) is -0.195. The molecule has 0 spiro atoms. The van der Waals surface area contributed by atoms with E-state index in [9.17, 15) is 9.59 Å². The summed E-state index contributed by atoms with van der Waals surface area (Å²) in [5.74, 6) is -1.16. The van der Waals surface area contributed by atoms with Crippen LogP contribution in [0, 0.1) is 5.92 Å². The third-order valence-electron chi connectivity index (χ3n) is 2.86. The van der Waals surface area contributed by atoms with Gasteiger partial charge in [0.25, 0.3) is 0 Å². The Bertz CT molecular complexity index is 271. The molecule has 0 aliphatic carbocycles. The molecule has 0 aliphatic heterocycles. The highest BCUT2D eigenvalue weighted by molar-refractivity contribution is 5.83. The molecule has 18 heavy (non-hydrogen) atoms. The second-order valence-corrected chi connectivity index (χ2v) is 4.24. The predicted molar refractivity (Wildman–Crippen MR) is 67.9 cm³/mol. The standard InChI is InChI=1S/C12H24N2O4/c1-5-6-9(13)11(18-4)8(2)12(16)14-7-10(15)17-3/h8-9,11H,5-7,13H2,1-4H3,(H,14,16)/t8-,9+,11-/m1/s1. The Kier molecular flexibility index (Phi) is 8.32. The fraction of sp³-hybridized carbons (Fsp3) is 0.833. The van der Waals surface area contributed by atoms with Crippen molar-refractivity contribution in [2.24, 2.45) is 11.7 Å². The molecule has 0 saturated carbocycles. The molecule has 6 heteroatoms. The van der Waals surface area contributed by atoms with Crippen molar-refractivity contribution < 1.29 is 19.1 Å². The topological polar surface area (TPSA) is 90.6 Å². The number of nitrogens with one attached hydrogen (secondary N) is 1. The Labute approximate surface area is 108 Å². The number of amides is 1. The fourth-order valence-corrected chi connectivity index (χ4v) is 1.79. The van der Waals surface area contributed by atoms with E-state index in [4.69, 9.17) is 10.5 Å². The Balaban J connectivity index is 4.35. The van der Waals surface area contributed by atoms with E-state index in [0.29, 0.717) is 0 Å². The molecule has 1 amide bonds. The average molecular weight is 260 g/mol. The van der Waals surface area contributed by atoms with E-state index in [1.165, 1.54) is 14.2 Å². The fourth-order valence-electron chi connectivity index (χ4n) is 1.79. The first-order chi connectivity index (χ1) is 8.47. The van der Waals surface area contributed by atoms with Crippen LogP contribution >= 0.6 is 0 Å². The quantitative estimate of drug-likeness (QED) is 0.602. The first-order valence-electron chi connectivity index (χ1n) is 6.10. The van der Waals surface area contributed by atoms with Crippen molar-refractivity contribution in [2.45, 2.75) is 38.8 Å². The Hall–Kier alpha value is -1.14. The van der Waals surface area contributed by atoms with Gasteiger partial charge >= 0.3 is 5.97 Å². The first-order valence-corrected chi connectivity index (χ1v) is 6.10. The predicted octanol–water partition coefficient (Wildman–Crippen LogP) is 0.0541. The van der Waals surface area contributed by atoms with Crippen molar-refractivity contribution in [1.29, 1.82) is 0 Å². The van der Waals surface area contributed by atoms with Crippen LogP contribution in [0.2, 0.25) is 0 Å². The van der Waals surface area contributed by atoms with Crippen molar-refractivity contribution in [3.05, 3.63) is 0 Å². The summed E-state index contributed by atoms with van der Waals surface area (Å²) in [6.45, 7) is 3.62. The van der Waals surface area contributed by atoms with E-state index in [0.717, 1.165) is 12.8 Å². The lowest BCUT2D eigenvalue weighted by Gasteiger charge is -2.27. The van der Waals surface area contributed by atoms with E-state index in [1.807, 2.05) is 6.92 Å². The summed E-state index contributed by atoms with van der Waals surface area (Å²) in [4.78, 5) is 22.7. The monoisotopic (exact) mass is 260 g/mol. The largest absolute Gasteiger partial charge is 0.468 e. The molecule has 0 heterocycles. The minimum absolute atomic E-state index is 0.140. The zero-order chi connectivity index (χ0) is 14.1. The second kappa shape index (κ2) is 8.88. The van der Waals surface area contributed by atoms with Gasteiger partial charge in [0.2, 0.25) is 5.91 Å². The van der Waals surface area contributed by atoms with Crippen molar-refractivity contribution in [1.82, 2.24) is 5.32 Å². The minimum atomic E-state index is -0.484. The zero-order valence-electron chi connectivity index (χ0n) is 11.6. The number of hydrogen-bond donors (Lipinski definition) is 2. The maximum atomic E-state index is 11.8. The number of rotatable bonds is 8. The molecule has 0 rings (SSSR count). The lowest BCUT2D eigenvalue weighted by atomic mass is 9.94. The highest BCUT2D eigenvalue weighted by Crippen LogP contribution is 2.13. The molecule has 0 aromatic rings. The minimum Gasteiger partial charge on any atom is -0.468 e. The average Bonchev–Trinajstić information content (AvgIpc) is 2.36. The lowest BCUT2D eigenvalue weighted by Crippen LogP contribution is -2.47. The molecular formula is C12H24N2O4. The maximum absolute atomic E-state index is 11.8. The second-order valence-electron chi connectivity index (χ2n) is 4.24. The molecule has 3 atom stereocenters. The summed E-state index contributed by atoms with van der Waals surface area (Å²) in [5, 5.41) is 2.50. The normalized spacial score (nSPS) is 15.6. The van der Waals surface area contributed by atoms with Gasteiger partial charge in [0.15, 0.2) is 0 Å². The Morgan fingerprint density at radius 2 is 1.94 bits per heavy atom. The number of esters is 1. The van der Waals surface area contributed by atoms with Crippen LogP contribution in [0.25, 0.3) is 0 Å². The van der Waals surface area contributed by atoms with Gasteiger partial charge in [-0.25, -0.2) is 0 Å². The van der Waals surface area contributed by atoms with Crippen LogP contribution in [0.15, 0.2) is 0 Å². The van der Waals surface area contributed by atoms with E-state index in [1.54, 1.807) is 6.92 Å². The van der Waals surface area contributed by atoms with Gasteiger partial charge in [-0.15, -0.1) is 0 Å². The van der Waals surface area contributed by atoms with Gasteiger partial charge in [-0.05, 0) is 6.42 Å². The molecule has 0 aliphatic rings. The third kappa shape index (κ3) is 5.46. The van der Waals surface area contributed by atoms with Crippen LogP contribution in [0.3, 0.4) is 0 Å². The molecule has 0 aromatic carbocycles. The SMILES string of the molecule is CCC[C@H](N)[C@H](OC)[C@@H](C)C(=O)NCC(=O)OC. The van der Waals surface area contributed by atoms with Gasteiger partial charge in [0.1, 0.15) is 6.54 Å². The van der Waals surface area contributed by atoms with E-state index in [2.05, 4.69) is 10.1 Å². The van der Waals surface area contributed by atoms with E-state index < -0.39 is 11.9 Å². The van der Waals surface area contributed by atoms with Gasteiger partial charge < -0.3 is 20.5 Å². The van der Waals surface area contributed by atoms with Crippen molar-refractivity contribution in [2.75, 3.05) is 20.8 Å². The number of nitrogens with two attached hydrogens (primary N) is 1. The third-order valence-corrected chi connectivity index (χ3v) is 2.86. The molecule has 6 nitrogen and oxygen atoms in total. The summed E-state index contributed by atoms with van der Waals surface area (Å²) in [6.07, 6.45) is 1.35. The smallest absolute Gasteiger partial charge is 0.325 e. The van der Waals surface area contributed by atoms with E-state index in [-0.39, 0.29) is 24.6 Å². The van der Waals surface area contributed by atoms with Gasteiger partial charge in [-0.3, -0.25) is 9.59 Å². The summed E-state index contributed by atoms with van der Waals surface area (Å²) >= 11 is 0. The summed E-state index contributed by atoms with van der Waals surface area (Å²) < 4.78 is 9.72. The van der Waals surface area contributed by atoms with Crippen LogP contribution in [0.5, 0.6) is 0 Å². The molecular weight excluding hydrogens is 236 g/mol. The number of methoxy groups -OCH3 is 2. The number of carbonyl (C=O) groups excluding carboxylic acids is 2. The molecule has 3 N–H and O–H groups in total. The molecule has 0 saturated heterocycles. The number of hydrogen-bond acceptors (Lipinski definition) is 5. The lowest BCUT2D eigenvalue weighted by molar-refractivity contribution is -0.142. The summed E-state index contributed by atoms with van der Waals surface area (Å²) in [5.41, 5.74) is 5.96. The molecule has 0 bridgehead atoms. The summed E-state index contributed by atoms with van der Waals surface area (Å²) in [7, 11) is 2.80. The highest BCUT2D eigenvalue weighted by atomic mass is 16.5. The number of carbonyl (C=O) groups is 2. The molecule has 106 valence electrons. The van der Waals surface area contributed by atoms with E-state index >= 15 is 0 Å². The van der Waals surface area contributed by atoms with Crippen LogP contribution in [-0.4, -0.2) is 44.8 Å². The van der Waals surface area contributed by atoms with Crippen LogP contribution < -0.4 is 11.1 Å². The van der Waals surface area contributed by atoms with Gasteiger partial charge in [0, 0.05) is 13.2 Å². The van der Waals surface area contributed by atoms with Crippen LogP contribution in [-0.2, 0) is 19.1 Å². The van der Waals surface area contributed by atoms with Gasteiger partial charge in [-0.2, -0.15) is 0 Å². The Morgan fingerprint density at radius 3 is 2.39 bits per heavy atom. The zero-order valence-corrected chi connectivity index (χ0v) is 11.6. The Morgan fingerprint density at radius 1 is 1.33 bits per heavy atom. The van der Waals surface area contributed by atoms with Gasteiger partial charge in [0.05, 0.1) is 19.1 Å². The molecule has 0 aromatic heterocycles. The molecule has 0 radical (unpaired) electrons. The number of ether oxygens (including phenoxy) is 2. The molecule has 0 unspecified atom stereocenters. The first kappa shape index (κ1) is 16.9. The van der Waals surface area contributed by atoms with Crippen LogP contribution in [0.4, 0.5) is 0 Å². The van der Waals surface area contributed by atoms with Crippen molar-refractivity contribution in [3.63, 3.8) is 0 Å². The maximum Gasteiger partial charge on any atom is 0.325 e. The van der Waals surface area contributed by atoms with Gasteiger partial charge in [-0.1, -0.05) is 20.3 Å². The van der Waals surface area contributed by atoms with Crippen LogP contribution in [0.1, 0.15) is 26.7 Å². The van der Waals surface area contributed by atoms with Crippen molar-refractivity contribution in [3.8, 4) is 0 Å². The molecule has 0 fully saturated rings. The van der Waals surface area contributed by atoms with Crippen molar-refractivity contribution >= 4 is 11.9 Å².